The highest BCUT2D eigenvalue weighted by molar-refractivity contribution is 5.80. The molecule has 4 bridgehead atoms. The van der Waals surface area contributed by atoms with E-state index in [0.717, 1.165) is 0 Å². The lowest BCUT2D eigenvalue weighted by Gasteiger charge is -2.64. The first kappa shape index (κ1) is 18.6. The standard InChI is InChI=1S/C18H28O7/c1-4-15(2,3)14(21)24-7-12(19)25-17-6-11-5-16(22,8-17)9-18(23,10-17)13(11)20/h11,13,20,22-23H,4-10H2,1-3H3. The Balaban J connectivity index is 1.65. The van der Waals surface area contributed by atoms with E-state index in [4.69, 9.17) is 9.47 Å². The fourth-order valence-electron chi connectivity index (χ4n) is 4.96. The molecule has 5 unspecified atom stereocenters. The van der Waals surface area contributed by atoms with Gasteiger partial charge >= 0.3 is 11.9 Å². The SMILES string of the molecule is CCC(C)(C)C(=O)OCC(=O)OC12CC3CC(O)(C1)CC(O)(C2)C3O. The zero-order chi connectivity index (χ0) is 18.7. The number of aliphatic hydroxyl groups is 3. The van der Waals surface area contributed by atoms with Crippen molar-refractivity contribution in [3.05, 3.63) is 0 Å². The quantitative estimate of drug-likeness (QED) is 0.621. The van der Waals surface area contributed by atoms with Gasteiger partial charge in [0.25, 0.3) is 0 Å². The predicted octanol–water partition coefficient (Wildman–Crippen LogP) is 0.678. The Morgan fingerprint density at radius 2 is 1.84 bits per heavy atom. The van der Waals surface area contributed by atoms with Gasteiger partial charge in [-0.05, 0) is 39.0 Å². The van der Waals surface area contributed by atoms with Crippen molar-refractivity contribution in [3.8, 4) is 0 Å². The molecule has 4 aliphatic carbocycles. The third-order valence-electron chi connectivity index (χ3n) is 6.28. The van der Waals surface area contributed by atoms with Crippen LogP contribution in [0.5, 0.6) is 0 Å². The number of aliphatic hydroxyl groups excluding tert-OH is 1. The molecule has 25 heavy (non-hydrogen) atoms. The summed E-state index contributed by atoms with van der Waals surface area (Å²) in [7, 11) is 0. The smallest absolute Gasteiger partial charge is 0.344 e. The van der Waals surface area contributed by atoms with E-state index in [1.807, 2.05) is 6.92 Å². The number of carbonyl (C=O) groups excluding carboxylic acids is 2. The molecule has 0 aromatic carbocycles. The van der Waals surface area contributed by atoms with Crippen LogP contribution in [-0.2, 0) is 19.1 Å². The first-order valence-corrected chi connectivity index (χ1v) is 8.95. The molecule has 0 aliphatic heterocycles. The van der Waals surface area contributed by atoms with Crippen molar-refractivity contribution in [2.75, 3.05) is 6.61 Å². The normalized spacial score (nSPS) is 42.3. The molecule has 0 aromatic rings. The van der Waals surface area contributed by atoms with Crippen LogP contribution in [0.4, 0.5) is 0 Å². The van der Waals surface area contributed by atoms with E-state index in [2.05, 4.69) is 0 Å². The number of hydrogen-bond donors (Lipinski definition) is 3. The minimum atomic E-state index is -1.44. The molecule has 0 aromatic heterocycles. The van der Waals surface area contributed by atoms with Crippen LogP contribution in [0.2, 0.25) is 0 Å². The summed E-state index contributed by atoms with van der Waals surface area (Å²) in [4.78, 5) is 24.2. The van der Waals surface area contributed by atoms with Crippen molar-refractivity contribution in [1.29, 1.82) is 0 Å². The molecule has 7 heteroatoms. The second-order valence-electron chi connectivity index (χ2n) is 8.94. The van der Waals surface area contributed by atoms with Crippen LogP contribution in [-0.4, -0.2) is 56.8 Å². The van der Waals surface area contributed by atoms with E-state index in [1.54, 1.807) is 13.8 Å². The van der Waals surface area contributed by atoms with Crippen molar-refractivity contribution >= 4 is 11.9 Å². The fraction of sp³-hybridized carbons (Fsp3) is 0.889. The molecule has 4 aliphatic rings. The predicted molar refractivity (Wildman–Crippen MR) is 86.3 cm³/mol. The molecule has 0 saturated heterocycles. The summed E-state index contributed by atoms with van der Waals surface area (Å²) in [5.41, 5.74) is -4.24. The van der Waals surface area contributed by atoms with Gasteiger partial charge in [-0.2, -0.15) is 0 Å². The van der Waals surface area contributed by atoms with Gasteiger partial charge in [0.1, 0.15) is 5.60 Å². The molecule has 0 heterocycles. The molecular weight excluding hydrogens is 328 g/mol. The molecule has 0 spiro atoms. The van der Waals surface area contributed by atoms with Gasteiger partial charge in [-0.15, -0.1) is 0 Å². The summed E-state index contributed by atoms with van der Waals surface area (Å²) >= 11 is 0. The summed E-state index contributed by atoms with van der Waals surface area (Å²) < 4.78 is 10.6. The van der Waals surface area contributed by atoms with Crippen LogP contribution in [0.3, 0.4) is 0 Å². The highest BCUT2D eigenvalue weighted by Crippen LogP contribution is 2.60. The molecule has 3 N–H and O–H groups in total. The first-order valence-electron chi connectivity index (χ1n) is 8.95. The number of ether oxygens (including phenoxy) is 2. The second-order valence-corrected chi connectivity index (χ2v) is 8.94. The maximum atomic E-state index is 12.2. The lowest BCUT2D eigenvalue weighted by Crippen LogP contribution is -2.72. The first-order chi connectivity index (χ1) is 11.4. The van der Waals surface area contributed by atoms with Gasteiger partial charge in [-0.3, -0.25) is 4.79 Å². The highest BCUT2D eigenvalue weighted by Gasteiger charge is 2.68. The van der Waals surface area contributed by atoms with E-state index in [0.29, 0.717) is 19.3 Å². The van der Waals surface area contributed by atoms with Crippen molar-refractivity contribution in [3.63, 3.8) is 0 Å². The Morgan fingerprint density at radius 3 is 2.44 bits per heavy atom. The van der Waals surface area contributed by atoms with Crippen molar-refractivity contribution in [2.24, 2.45) is 11.3 Å². The van der Waals surface area contributed by atoms with E-state index < -0.39 is 46.9 Å². The van der Waals surface area contributed by atoms with Crippen LogP contribution < -0.4 is 0 Å². The number of carbonyl (C=O) groups is 2. The molecule has 7 nitrogen and oxygen atoms in total. The zero-order valence-electron chi connectivity index (χ0n) is 15.1. The monoisotopic (exact) mass is 356 g/mol. The third kappa shape index (κ3) is 3.17. The van der Waals surface area contributed by atoms with Crippen molar-refractivity contribution < 1.29 is 34.4 Å². The summed E-state index contributed by atoms with van der Waals surface area (Å²) in [5.74, 6) is -1.46. The van der Waals surface area contributed by atoms with E-state index in [-0.39, 0.29) is 25.2 Å². The highest BCUT2D eigenvalue weighted by atomic mass is 16.6. The maximum absolute atomic E-state index is 12.2. The number of rotatable bonds is 5. The van der Waals surface area contributed by atoms with Crippen LogP contribution in [0.1, 0.15) is 59.3 Å². The van der Waals surface area contributed by atoms with Gasteiger partial charge < -0.3 is 24.8 Å². The lowest BCUT2D eigenvalue weighted by atomic mass is 9.49. The molecule has 0 amide bonds. The van der Waals surface area contributed by atoms with Gasteiger partial charge in [0, 0.05) is 19.3 Å². The van der Waals surface area contributed by atoms with Crippen LogP contribution in [0.25, 0.3) is 0 Å². The molecule has 142 valence electrons. The molecular formula is C18H28O7. The van der Waals surface area contributed by atoms with Crippen molar-refractivity contribution in [2.45, 2.75) is 82.2 Å². The van der Waals surface area contributed by atoms with Crippen LogP contribution >= 0.6 is 0 Å². The topological polar surface area (TPSA) is 113 Å². The fourth-order valence-corrected chi connectivity index (χ4v) is 4.96. The van der Waals surface area contributed by atoms with E-state index in [1.165, 1.54) is 0 Å². The Kier molecular flexibility index (Phi) is 4.21. The number of esters is 2. The van der Waals surface area contributed by atoms with Crippen LogP contribution in [0, 0.1) is 11.3 Å². The van der Waals surface area contributed by atoms with E-state index in [9.17, 15) is 24.9 Å². The Bertz CT molecular complexity index is 588. The molecule has 4 rings (SSSR count). The Morgan fingerprint density at radius 1 is 1.16 bits per heavy atom. The largest absolute Gasteiger partial charge is 0.456 e. The minimum Gasteiger partial charge on any atom is -0.456 e. The van der Waals surface area contributed by atoms with E-state index >= 15 is 0 Å². The van der Waals surface area contributed by atoms with Crippen LogP contribution in [0.15, 0.2) is 0 Å². The summed E-state index contributed by atoms with van der Waals surface area (Å²) in [6.07, 6.45) is 0.907. The molecule has 5 atom stereocenters. The van der Waals surface area contributed by atoms with Gasteiger partial charge in [0.2, 0.25) is 0 Å². The van der Waals surface area contributed by atoms with Crippen molar-refractivity contribution in [1.82, 2.24) is 0 Å². The average molecular weight is 356 g/mol. The lowest BCUT2D eigenvalue weighted by molar-refractivity contribution is -0.298. The minimum absolute atomic E-state index is 0.0939. The second kappa shape index (κ2) is 5.66. The summed E-state index contributed by atoms with van der Waals surface area (Å²) in [6.45, 7) is 4.86. The zero-order valence-corrected chi connectivity index (χ0v) is 15.1. The molecule has 4 saturated carbocycles. The summed E-state index contributed by atoms with van der Waals surface area (Å²) in [5, 5.41) is 31.6. The van der Waals surface area contributed by atoms with Gasteiger partial charge in [0.05, 0.1) is 22.7 Å². The molecule has 0 radical (unpaired) electrons. The number of hydrogen-bond acceptors (Lipinski definition) is 7. The van der Waals surface area contributed by atoms with Gasteiger partial charge in [-0.1, -0.05) is 6.92 Å². The van der Waals surface area contributed by atoms with Gasteiger partial charge in [0.15, 0.2) is 6.61 Å². The third-order valence-corrected chi connectivity index (χ3v) is 6.28. The Hall–Kier alpha value is -1.18. The average Bonchev–Trinajstić information content (AvgIpc) is 2.47. The maximum Gasteiger partial charge on any atom is 0.344 e. The Labute approximate surface area is 147 Å². The van der Waals surface area contributed by atoms with Gasteiger partial charge in [-0.25, -0.2) is 4.79 Å². The summed E-state index contributed by atoms with van der Waals surface area (Å²) in [6, 6.07) is 0. The molecule has 4 fully saturated rings.